The van der Waals surface area contributed by atoms with Gasteiger partial charge >= 0.3 is 0 Å². The van der Waals surface area contributed by atoms with Crippen molar-refractivity contribution in [2.45, 2.75) is 45.7 Å². The first-order valence-corrected chi connectivity index (χ1v) is 6.37. The molecule has 106 valence electrons. The fourth-order valence-electron chi connectivity index (χ4n) is 1.42. The highest BCUT2D eigenvalue weighted by Crippen LogP contribution is 2.20. The van der Waals surface area contributed by atoms with Crippen LogP contribution >= 0.6 is 36.2 Å². The fraction of sp³-hybridized carbons (Fsp3) is 0.636. The number of thiazole rings is 1. The molecule has 1 heterocycles. The third-order valence-corrected chi connectivity index (χ3v) is 3.26. The Labute approximate surface area is 125 Å². The summed E-state index contributed by atoms with van der Waals surface area (Å²) in [7, 11) is 0. The van der Waals surface area contributed by atoms with Gasteiger partial charge in [-0.1, -0.05) is 6.92 Å². The van der Waals surface area contributed by atoms with E-state index in [-0.39, 0.29) is 42.8 Å². The summed E-state index contributed by atoms with van der Waals surface area (Å²) in [5, 5.41) is 5.92. The van der Waals surface area contributed by atoms with E-state index < -0.39 is 0 Å². The molecular formula is C11H21Cl2N3OS. The van der Waals surface area contributed by atoms with E-state index in [9.17, 15) is 4.79 Å². The van der Waals surface area contributed by atoms with Crippen molar-refractivity contribution >= 4 is 42.1 Å². The summed E-state index contributed by atoms with van der Waals surface area (Å²) < 4.78 is 0. The van der Waals surface area contributed by atoms with Crippen molar-refractivity contribution < 1.29 is 4.79 Å². The van der Waals surface area contributed by atoms with Crippen molar-refractivity contribution in [3.8, 4) is 0 Å². The van der Waals surface area contributed by atoms with Crippen LogP contribution in [0.4, 0.5) is 0 Å². The molecule has 7 heteroatoms. The van der Waals surface area contributed by atoms with Gasteiger partial charge in [-0.15, -0.1) is 36.2 Å². The SMILES string of the molecule is CCC(NC(=O)CC(C)N)c1nc(C)cs1.Cl.Cl. The molecule has 18 heavy (non-hydrogen) atoms. The minimum absolute atomic E-state index is 0. The number of rotatable bonds is 5. The number of halogens is 2. The lowest BCUT2D eigenvalue weighted by Crippen LogP contribution is -2.32. The van der Waals surface area contributed by atoms with E-state index in [1.54, 1.807) is 11.3 Å². The van der Waals surface area contributed by atoms with Crippen LogP contribution in [0.15, 0.2) is 5.38 Å². The molecule has 0 aliphatic heterocycles. The molecule has 2 atom stereocenters. The van der Waals surface area contributed by atoms with Gasteiger partial charge in [-0.25, -0.2) is 4.98 Å². The van der Waals surface area contributed by atoms with Gasteiger partial charge in [0, 0.05) is 23.5 Å². The van der Waals surface area contributed by atoms with Crippen molar-refractivity contribution in [3.63, 3.8) is 0 Å². The normalized spacial score (nSPS) is 12.9. The van der Waals surface area contributed by atoms with Crippen LogP contribution in [-0.4, -0.2) is 16.9 Å². The van der Waals surface area contributed by atoms with Crippen molar-refractivity contribution in [1.29, 1.82) is 0 Å². The van der Waals surface area contributed by atoms with Gasteiger partial charge in [-0.2, -0.15) is 0 Å². The van der Waals surface area contributed by atoms with Gasteiger partial charge in [-0.05, 0) is 20.3 Å². The van der Waals surface area contributed by atoms with Crippen LogP contribution in [0.5, 0.6) is 0 Å². The molecule has 0 saturated carbocycles. The summed E-state index contributed by atoms with van der Waals surface area (Å²) in [6, 6.07) is -0.0829. The van der Waals surface area contributed by atoms with Crippen LogP contribution < -0.4 is 11.1 Å². The first-order chi connectivity index (χ1) is 7.52. The van der Waals surface area contributed by atoms with E-state index >= 15 is 0 Å². The molecule has 0 spiro atoms. The van der Waals surface area contributed by atoms with E-state index in [0.29, 0.717) is 6.42 Å². The minimum Gasteiger partial charge on any atom is -0.347 e. The summed E-state index contributed by atoms with van der Waals surface area (Å²) in [4.78, 5) is 16.0. The van der Waals surface area contributed by atoms with Crippen molar-refractivity contribution in [3.05, 3.63) is 16.1 Å². The predicted octanol–water partition coefficient (Wildman–Crippen LogP) is 2.60. The summed E-state index contributed by atoms with van der Waals surface area (Å²) >= 11 is 1.59. The zero-order valence-electron chi connectivity index (χ0n) is 10.8. The van der Waals surface area contributed by atoms with E-state index in [2.05, 4.69) is 10.3 Å². The van der Waals surface area contributed by atoms with Gasteiger partial charge in [0.1, 0.15) is 5.01 Å². The Morgan fingerprint density at radius 2 is 2.17 bits per heavy atom. The molecule has 0 fully saturated rings. The monoisotopic (exact) mass is 313 g/mol. The second-order valence-corrected chi connectivity index (χ2v) is 4.93. The quantitative estimate of drug-likeness (QED) is 0.878. The topological polar surface area (TPSA) is 68.0 Å². The maximum absolute atomic E-state index is 11.6. The Balaban J connectivity index is 0. The van der Waals surface area contributed by atoms with Crippen LogP contribution in [-0.2, 0) is 4.79 Å². The van der Waals surface area contributed by atoms with Crippen LogP contribution in [0.25, 0.3) is 0 Å². The molecule has 0 radical (unpaired) electrons. The smallest absolute Gasteiger partial charge is 0.222 e. The maximum atomic E-state index is 11.6. The van der Waals surface area contributed by atoms with Gasteiger partial charge in [0.2, 0.25) is 5.91 Å². The second-order valence-electron chi connectivity index (χ2n) is 4.04. The van der Waals surface area contributed by atoms with Crippen LogP contribution in [0.3, 0.4) is 0 Å². The van der Waals surface area contributed by atoms with Crippen molar-refractivity contribution in [2.75, 3.05) is 0 Å². The molecule has 1 aromatic heterocycles. The number of amides is 1. The first kappa shape index (κ1) is 20.0. The van der Waals surface area contributed by atoms with Gasteiger partial charge in [-0.3, -0.25) is 4.79 Å². The number of carbonyl (C=O) groups excluding carboxylic acids is 1. The Kier molecular flexibility index (Phi) is 10.6. The van der Waals surface area contributed by atoms with E-state index in [1.165, 1.54) is 0 Å². The number of hydrogen-bond donors (Lipinski definition) is 2. The number of aryl methyl sites for hydroxylation is 1. The highest BCUT2D eigenvalue weighted by atomic mass is 35.5. The summed E-state index contributed by atoms with van der Waals surface area (Å²) in [5.74, 6) is -0.00490. The lowest BCUT2D eigenvalue weighted by Gasteiger charge is -2.15. The predicted molar refractivity (Wildman–Crippen MR) is 80.8 cm³/mol. The molecule has 0 aliphatic rings. The number of carbonyl (C=O) groups is 1. The number of hydrogen-bond acceptors (Lipinski definition) is 4. The molecule has 0 aliphatic carbocycles. The molecule has 0 aromatic carbocycles. The average Bonchev–Trinajstić information content (AvgIpc) is 2.60. The zero-order valence-corrected chi connectivity index (χ0v) is 13.3. The Hall–Kier alpha value is -0.360. The van der Waals surface area contributed by atoms with Crippen molar-refractivity contribution in [1.82, 2.24) is 10.3 Å². The highest BCUT2D eigenvalue weighted by Gasteiger charge is 2.16. The van der Waals surface area contributed by atoms with Crippen LogP contribution in [0, 0.1) is 6.92 Å². The fourth-order valence-corrected chi connectivity index (χ4v) is 2.35. The van der Waals surface area contributed by atoms with Crippen molar-refractivity contribution in [2.24, 2.45) is 5.73 Å². The Bertz CT molecular complexity index is 358. The molecule has 1 aromatic rings. The number of aromatic nitrogens is 1. The largest absolute Gasteiger partial charge is 0.347 e. The van der Waals surface area contributed by atoms with E-state index in [1.807, 2.05) is 26.2 Å². The lowest BCUT2D eigenvalue weighted by atomic mass is 10.2. The lowest BCUT2D eigenvalue weighted by molar-refractivity contribution is -0.122. The first-order valence-electron chi connectivity index (χ1n) is 5.50. The zero-order chi connectivity index (χ0) is 12.1. The van der Waals surface area contributed by atoms with E-state index in [0.717, 1.165) is 17.1 Å². The van der Waals surface area contributed by atoms with Gasteiger partial charge in [0.25, 0.3) is 0 Å². The maximum Gasteiger partial charge on any atom is 0.222 e. The van der Waals surface area contributed by atoms with Crippen LogP contribution in [0.1, 0.15) is 43.4 Å². The summed E-state index contributed by atoms with van der Waals surface area (Å²) in [6.07, 6.45) is 1.21. The summed E-state index contributed by atoms with van der Waals surface area (Å²) in [6.45, 7) is 5.82. The summed E-state index contributed by atoms with van der Waals surface area (Å²) in [5.41, 5.74) is 6.58. The Morgan fingerprint density at radius 3 is 2.56 bits per heavy atom. The molecule has 0 bridgehead atoms. The third kappa shape index (κ3) is 6.54. The standard InChI is InChI=1S/C11H19N3OS.2ClH/c1-4-9(11-13-8(3)6-16-11)14-10(15)5-7(2)12;;/h6-7,9H,4-5,12H2,1-3H3,(H,14,15);2*1H. The van der Waals surface area contributed by atoms with Gasteiger partial charge in [0.15, 0.2) is 0 Å². The molecule has 4 nitrogen and oxygen atoms in total. The molecule has 1 rings (SSSR count). The number of nitrogens with two attached hydrogens (primary N) is 1. The Morgan fingerprint density at radius 1 is 1.56 bits per heavy atom. The molecule has 3 N–H and O–H groups in total. The second kappa shape index (κ2) is 9.55. The van der Waals surface area contributed by atoms with Crippen LogP contribution in [0.2, 0.25) is 0 Å². The number of nitrogens with one attached hydrogen (secondary N) is 1. The highest BCUT2D eigenvalue weighted by molar-refractivity contribution is 7.09. The van der Waals surface area contributed by atoms with E-state index in [4.69, 9.17) is 5.73 Å². The van der Waals surface area contributed by atoms with Gasteiger partial charge < -0.3 is 11.1 Å². The number of nitrogens with zero attached hydrogens (tertiary/aromatic N) is 1. The molecule has 1 amide bonds. The third-order valence-electron chi connectivity index (χ3n) is 2.19. The molecular weight excluding hydrogens is 293 g/mol. The molecule has 2 unspecified atom stereocenters. The molecule has 0 saturated heterocycles. The average molecular weight is 314 g/mol. The minimum atomic E-state index is -0.101. The van der Waals surface area contributed by atoms with Gasteiger partial charge in [0.05, 0.1) is 6.04 Å².